The van der Waals surface area contributed by atoms with Gasteiger partial charge in [0.1, 0.15) is 17.1 Å². The van der Waals surface area contributed by atoms with Crippen molar-refractivity contribution < 1.29 is 13.9 Å². The molecule has 2 N–H and O–H groups in total. The molecule has 1 amide bonds. The Morgan fingerprint density at radius 3 is 2.96 bits per heavy atom. The summed E-state index contributed by atoms with van der Waals surface area (Å²) in [5, 5.41) is 12.3. The Morgan fingerprint density at radius 2 is 2.14 bits per heavy atom. The van der Waals surface area contributed by atoms with Crippen LogP contribution in [-0.4, -0.2) is 38.9 Å². The fourth-order valence-corrected chi connectivity index (χ4v) is 3.44. The number of rotatable bonds is 5. The first-order valence-corrected chi connectivity index (χ1v) is 9.47. The zero-order valence-electron chi connectivity index (χ0n) is 14.5. The van der Waals surface area contributed by atoms with Crippen LogP contribution in [-0.2, 0) is 4.79 Å². The smallest absolute Gasteiger partial charge is 0.234 e. The van der Waals surface area contributed by atoms with Gasteiger partial charge in [-0.05, 0) is 36.4 Å². The lowest BCUT2D eigenvalue weighted by atomic mass is 10.2. The van der Waals surface area contributed by atoms with Crippen molar-refractivity contribution >= 4 is 57.0 Å². The molecule has 0 bridgehead atoms. The number of carbonyl (C=O) groups is 1. The number of aromatic amines is 1. The van der Waals surface area contributed by atoms with E-state index in [0.717, 1.165) is 11.8 Å². The summed E-state index contributed by atoms with van der Waals surface area (Å²) in [6.07, 6.45) is 0. The van der Waals surface area contributed by atoms with Gasteiger partial charge in [0.2, 0.25) is 11.1 Å². The van der Waals surface area contributed by atoms with Gasteiger partial charge in [-0.1, -0.05) is 23.4 Å². The maximum Gasteiger partial charge on any atom is 0.234 e. The van der Waals surface area contributed by atoms with Crippen LogP contribution >= 0.6 is 23.4 Å². The first-order chi connectivity index (χ1) is 13.5. The van der Waals surface area contributed by atoms with Crippen LogP contribution in [0.5, 0.6) is 5.75 Å². The minimum absolute atomic E-state index is 0.0672. The van der Waals surface area contributed by atoms with Crippen molar-refractivity contribution in [3.8, 4) is 5.75 Å². The van der Waals surface area contributed by atoms with Crippen LogP contribution in [0.4, 0.5) is 10.1 Å². The van der Waals surface area contributed by atoms with Gasteiger partial charge in [0, 0.05) is 15.9 Å². The fraction of sp³-hybridized carbons (Fsp3) is 0.111. The van der Waals surface area contributed by atoms with Crippen molar-refractivity contribution in [1.82, 2.24) is 20.2 Å². The van der Waals surface area contributed by atoms with E-state index in [0.29, 0.717) is 43.7 Å². The summed E-state index contributed by atoms with van der Waals surface area (Å²) in [5.41, 5.74) is 2.15. The summed E-state index contributed by atoms with van der Waals surface area (Å²) < 4.78 is 18.6. The molecule has 142 valence electrons. The lowest BCUT2D eigenvalue weighted by molar-refractivity contribution is -0.113. The van der Waals surface area contributed by atoms with Crippen LogP contribution in [0.1, 0.15) is 0 Å². The summed E-state index contributed by atoms with van der Waals surface area (Å²) in [6, 6.07) is 9.30. The van der Waals surface area contributed by atoms with Crippen LogP contribution in [0.15, 0.2) is 41.6 Å². The summed E-state index contributed by atoms with van der Waals surface area (Å²) in [6.45, 7) is 0. The molecule has 28 heavy (non-hydrogen) atoms. The van der Waals surface area contributed by atoms with Crippen molar-refractivity contribution in [3.05, 3.63) is 47.2 Å². The molecule has 0 unspecified atom stereocenters. The van der Waals surface area contributed by atoms with Gasteiger partial charge >= 0.3 is 0 Å². The number of nitrogens with one attached hydrogen (secondary N) is 2. The van der Waals surface area contributed by atoms with Crippen molar-refractivity contribution in [1.29, 1.82) is 0 Å². The number of anilines is 1. The SMILES string of the molecule is COc1ccc(Cl)cc1NC(=O)CSc1nnc2c(n1)[nH]c1ccc(F)cc12. The third kappa shape index (κ3) is 3.71. The maximum absolute atomic E-state index is 13.4. The van der Waals surface area contributed by atoms with Crippen molar-refractivity contribution in [2.24, 2.45) is 0 Å². The topological polar surface area (TPSA) is 92.8 Å². The van der Waals surface area contributed by atoms with E-state index < -0.39 is 0 Å². The highest BCUT2D eigenvalue weighted by Gasteiger charge is 2.13. The third-order valence-corrected chi connectivity index (χ3v) is 5.00. The van der Waals surface area contributed by atoms with Gasteiger partial charge in [-0.3, -0.25) is 4.79 Å². The number of hydrogen-bond donors (Lipinski definition) is 2. The number of H-pyrrole nitrogens is 1. The number of carbonyl (C=O) groups excluding carboxylic acids is 1. The molecule has 0 aliphatic rings. The fourth-order valence-electron chi connectivity index (χ4n) is 2.68. The molecule has 0 spiro atoms. The van der Waals surface area contributed by atoms with Crippen LogP contribution in [0, 0.1) is 5.82 Å². The Morgan fingerprint density at radius 1 is 1.29 bits per heavy atom. The van der Waals surface area contributed by atoms with Gasteiger partial charge in [0.25, 0.3) is 0 Å². The van der Waals surface area contributed by atoms with Crippen molar-refractivity contribution in [2.45, 2.75) is 5.16 Å². The second kappa shape index (κ2) is 7.61. The summed E-state index contributed by atoms with van der Waals surface area (Å²) in [5.74, 6) is -0.0558. The van der Waals surface area contributed by atoms with E-state index in [4.69, 9.17) is 16.3 Å². The summed E-state index contributed by atoms with van der Waals surface area (Å²) in [4.78, 5) is 19.7. The number of nitrogens with zero attached hydrogens (tertiary/aromatic N) is 3. The average molecular weight is 418 g/mol. The number of ether oxygens (including phenoxy) is 1. The molecule has 2 aromatic carbocycles. The minimum atomic E-state index is -0.359. The number of thioether (sulfide) groups is 1. The quantitative estimate of drug-likeness (QED) is 0.476. The average Bonchev–Trinajstić information content (AvgIpc) is 3.03. The number of fused-ring (bicyclic) bond motifs is 3. The molecule has 0 aliphatic carbocycles. The van der Waals surface area contributed by atoms with Gasteiger partial charge in [-0.15, -0.1) is 10.2 Å². The van der Waals surface area contributed by atoms with Crippen LogP contribution in [0.2, 0.25) is 5.02 Å². The molecule has 10 heteroatoms. The number of amides is 1. The Labute approximate surface area is 167 Å². The molecule has 0 aliphatic heterocycles. The highest BCUT2D eigenvalue weighted by molar-refractivity contribution is 7.99. The summed E-state index contributed by atoms with van der Waals surface area (Å²) in [7, 11) is 1.51. The molecule has 0 fully saturated rings. The normalized spacial score (nSPS) is 11.1. The molecule has 7 nitrogen and oxygen atoms in total. The monoisotopic (exact) mass is 417 g/mol. The maximum atomic E-state index is 13.4. The Hall–Kier alpha value is -2.91. The summed E-state index contributed by atoms with van der Waals surface area (Å²) >= 11 is 7.09. The zero-order valence-corrected chi connectivity index (χ0v) is 16.1. The van der Waals surface area contributed by atoms with Gasteiger partial charge in [-0.25, -0.2) is 9.37 Å². The Balaban J connectivity index is 1.49. The molecule has 0 saturated carbocycles. The third-order valence-electron chi connectivity index (χ3n) is 3.93. The number of benzene rings is 2. The first kappa shape index (κ1) is 18.5. The largest absolute Gasteiger partial charge is 0.495 e. The standard InChI is InChI=1S/C18H13ClFN5O2S/c1-27-14-5-2-9(19)6-13(14)21-15(26)8-28-18-23-17-16(24-25-18)11-7-10(20)3-4-12(11)22-17/h2-7H,8H2,1H3,(H,21,26)(H,22,23,25). The number of halogens is 2. The first-order valence-electron chi connectivity index (χ1n) is 8.11. The number of hydrogen-bond acceptors (Lipinski definition) is 6. The Kier molecular flexibility index (Phi) is 5.01. The zero-order chi connectivity index (χ0) is 19.7. The second-order valence-electron chi connectivity index (χ2n) is 5.79. The van der Waals surface area contributed by atoms with Gasteiger partial charge in [0.15, 0.2) is 5.65 Å². The predicted molar refractivity (Wildman–Crippen MR) is 107 cm³/mol. The number of methoxy groups -OCH3 is 1. The van der Waals surface area contributed by atoms with Crippen LogP contribution < -0.4 is 10.1 Å². The molecule has 2 heterocycles. The molecular formula is C18H13ClFN5O2S. The lowest BCUT2D eigenvalue weighted by Crippen LogP contribution is -2.15. The van der Waals surface area contributed by atoms with Crippen molar-refractivity contribution in [3.63, 3.8) is 0 Å². The highest BCUT2D eigenvalue weighted by atomic mass is 35.5. The van der Waals surface area contributed by atoms with Gasteiger partial charge in [0.05, 0.1) is 18.6 Å². The van der Waals surface area contributed by atoms with E-state index in [9.17, 15) is 9.18 Å². The molecular weight excluding hydrogens is 405 g/mol. The molecule has 4 aromatic rings. The van der Waals surface area contributed by atoms with E-state index in [1.807, 2.05) is 0 Å². The highest BCUT2D eigenvalue weighted by Crippen LogP contribution is 2.28. The minimum Gasteiger partial charge on any atom is -0.495 e. The lowest BCUT2D eigenvalue weighted by Gasteiger charge is -2.10. The molecule has 0 atom stereocenters. The van der Waals surface area contributed by atoms with Gasteiger partial charge < -0.3 is 15.0 Å². The van der Waals surface area contributed by atoms with E-state index in [-0.39, 0.29) is 17.5 Å². The van der Waals surface area contributed by atoms with E-state index in [1.54, 1.807) is 24.3 Å². The molecule has 0 saturated heterocycles. The molecule has 0 radical (unpaired) electrons. The Bertz CT molecular complexity index is 1200. The van der Waals surface area contributed by atoms with Gasteiger partial charge in [-0.2, -0.15) is 0 Å². The van der Waals surface area contributed by atoms with Crippen molar-refractivity contribution in [2.75, 3.05) is 18.2 Å². The number of aromatic nitrogens is 4. The molecule has 4 rings (SSSR count). The molecule has 2 aromatic heterocycles. The van der Waals surface area contributed by atoms with Crippen LogP contribution in [0.3, 0.4) is 0 Å². The van der Waals surface area contributed by atoms with Crippen LogP contribution in [0.25, 0.3) is 22.1 Å². The predicted octanol–water partition coefficient (Wildman–Crippen LogP) is 4.04. The second-order valence-corrected chi connectivity index (χ2v) is 7.17. The van der Waals surface area contributed by atoms with E-state index >= 15 is 0 Å². The van der Waals surface area contributed by atoms with E-state index in [1.165, 1.54) is 19.2 Å². The van der Waals surface area contributed by atoms with E-state index in [2.05, 4.69) is 25.5 Å².